The Kier molecular flexibility index (Phi) is 6.60. The van der Waals surface area contributed by atoms with Gasteiger partial charge in [0.2, 0.25) is 0 Å². The van der Waals surface area contributed by atoms with Gasteiger partial charge in [-0.05, 0) is 59.7 Å². The van der Waals surface area contributed by atoms with Crippen LogP contribution < -0.4 is 0 Å². The molecule has 0 N–H and O–H groups in total. The van der Waals surface area contributed by atoms with E-state index in [-0.39, 0.29) is 0 Å². The molecule has 0 saturated heterocycles. The van der Waals surface area contributed by atoms with Crippen molar-refractivity contribution in [1.82, 2.24) is 9.13 Å². The van der Waals surface area contributed by atoms with Crippen LogP contribution in [-0.2, 0) is 0 Å². The van der Waals surface area contributed by atoms with Crippen molar-refractivity contribution in [2.75, 3.05) is 0 Å². The molecule has 0 bridgehead atoms. The summed E-state index contributed by atoms with van der Waals surface area (Å²) in [6.07, 6.45) is 0. The van der Waals surface area contributed by atoms with E-state index in [9.17, 15) is 0 Å². The van der Waals surface area contributed by atoms with Crippen molar-refractivity contribution in [3.8, 4) is 33.6 Å². The van der Waals surface area contributed by atoms with Crippen molar-refractivity contribution in [2.45, 2.75) is 0 Å². The van der Waals surface area contributed by atoms with E-state index >= 15 is 0 Å². The number of thiophene rings is 1. The summed E-state index contributed by atoms with van der Waals surface area (Å²) in [5, 5.41) is 9.82. The van der Waals surface area contributed by atoms with Gasteiger partial charge in [0.15, 0.2) is 0 Å². The number of hydrogen-bond acceptors (Lipinski definition) is 2. The van der Waals surface area contributed by atoms with Crippen molar-refractivity contribution in [3.05, 3.63) is 194 Å². The molecule has 0 unspecified atom stereocenters. The Morgan fingerprint density at radius 3 is 1.43 bits per heavy atom. The van der Waals surface area contributed by atoms with Gasteiger partial charge >= 0.3 is 0 Å². The molecule has 0 radical (unpaired) electrons. The van der Waals surface area contributed by atoms with Crippen molar-refractivity contribution in [3.63, 3.8) is 0 Å². The molecule has 0 amide bonds. The molecule has 4 heterocycles. The minimum absolute atomic E-state index is 0.883. The van der Waals surface area contributed by atoms with Crippen LogP contribution in [0.5, 0.6) is 0 Å². The first-order chi connectivity index (χ1) is 28.8. The molecular weight excluding hydrogens is 725 g/mol. The number of aromatic nitrogens is 2. The summed E-state index contributed by atoms with van der Waals surface area (Å²) in [4.78, 5) is 0. The zero-order valence-corrected chi connectivity index (χ0v) is 32.0. The normalized spacial score (nSPS) is 12.1. The van der Waals surface area contributed by atoms with Crippen LogP contribution in [0.15, 0.2) is 199 Å². The summed E-state index contributed by atoms with van der Waals surface area (Å²) >= 11 is 1.89. The Hall–Kier alpha value is -7.40. The summed E-state index contributed by atoms with van der Waals surface area (Å²) < 4.78 is 14.2. The predicted octanol–water partition coefficient (Wildman–Crippen LogP) is 15.5. The van der Waals surface area contributed by atoms with Crippen LogP contribution in [0.2, 0.25) is 0 Å². The number of furan rings is 1. The van der Waals surface area contributed by atoms with Gasteiger partial charge in [0.1, 0.15) is 11.2 Å². The predicted molar refractivity (Wildman–Crippen MR) is 246 cm³/mol. The van der Waals surface area contributed by atoms with E-state index < -0.39 is 0 Å². The second kappa shape index (κ2) is 12.1. The molecule has 0 atom stereocenters. The van der Waals surface area contributed by atoms with E-state index in [4.69, 9.17) is 4.42 Å². The second-order valence-corrected chi connectivity index (χ2v) is 16.2. The number of rotatable bonds is 4. The van der Waals surface area contributed by atoms with Gasteiger partial charge in [0.25, 0.3) is 0 Å². The summed E-state index contributed by atoms with van der Waals surface area (Å²) in [5.74, 6) is 0. The van der Waals surface area contributed by atoms with Gasteiger partial charge < -0.3 is 13.6 Å². The number of hydrogen-bond donors (Lipinski definition) is 0. The molecule has 9 aromatic carbocycles. The molecule has 13 aromatic rings. The van der Waals surface area contributed by atoms with Crippen LogP contribution >= 0.6 is 11.3 Å². The van der Waals surface area contributed by atoms with Crippen molar-refractivity contribution < 1.29 is 4.42 Å². The third-order valence-corrected chi connectivity index (χ3v) is 13.4. The average molecular weight is 757 g/mol. The molecule has 3 nitrogen and oxygen atoms in total. The van der Waals surface area contributed by atoms with E-state index in [1.54, 1.807) is 0 Å². The van der Waals surface area contributed by atoms with Gasteiger partial charge in [0.05, 0.1) is 32.5 Å². The van der Waals surface area contributed by atoms with Gasteiger partial charge in [-0.1, -0.05) is 146 Å². The van der Waals surface area contributed by atoms with Gasteiger partial charge in [-0.25, -0.2) is 0 Å². The Morgan fingerprint density at radius 2 is 0.793 bits per heavy atom. The molecule has 58 heavy (non-hydrogen) atoms. The fourth-order valence-electron chi connectivity index (χ4n) is 9.67. The topological polar surface area (TPSA) is 23.0 Å². The first kappa shape index (κ1) is 31.8. The maximum atomic E-state index is 6.83. The first-order valence-corrected chi connectivity index (χ1v) is 20.6. The molecule has 4 heteroatoms. The monoisotopic (exact) mass is 756 g/mol. The number of benzene rings is 9. The average Bonchev–Trinajstić information content (AvgIpc) is 4.04. The molecule has 0 aliphatic heterocycles. The molecule has 4 aromatic heterocycles. The van der Waals surface area contributed by atoms with Crippen LogP contribution in [0, 0.1) is 0 Å². The summed E-state index contributed by atoms with van der Waals surface area (Å²) in [5.41, 5.74) is 13.6. The molecule has 270 valence electrons. The van der Waals surface area contributed by atoms with Crippen LogP contribution in [-0.4, -0.2) is 9.13 Å². The van der Waals surface area contributed by atoms with Crippen LogP contribution in [0.4, 0.5) is 0 Å². The molecule has 0 spiro atoms. The maximum Gasteiger partial charge on any atom is 0.143 e. The highest BCUT2D eigenvalue weighted by atomic mass is 32.1. The minimum atomic E-state index is 0.883. The molecular formula is C54H32N2OS. The van der Waals surface area contributed by atoms with Gasteiger partial charge in [-0.3, -0.25) is 0 Å². The summed E-state index contributed by atoms with van der Waals surface area (Å²) in [7, 11) is 0. The fourth-order valence-corrected chi connectivity index (χ4v) is 11.0. The lowest BCUT2D eigenvalue weighted by molar-refractivity contribution is 0.670. The fraction of sp³-hybridized carbons (Fsp3) is 0. The largest absolute Gasteiger partial charge is 0.455 e. The Labute approximate surface area is 336 Å². The highest BCUT2D eigenvalue weighted by molar-refractivity contribution is 7.26. The third-order valence-electron chi connectivity index (χ3n) is 12.2. The Morgan fingerprint density at radius 1 is 0.328 bits per heavy atom. The minimum Gasteiger partial charge on any atom is -0.455 e. The number of fused-ring (bicyclic) bond motifs is 12. The lowest BCUT2D eigenvalue weighted by atomic mass is 9.92. The molecule has 0 fully saturated rings. The lowest BCUT2D eigenvalue weighted by Gasteiger charge is -2.11. The summed E-state index contributed by atoms with van der Waals surface area (Å²) in [6, 6.07) is 70.4. The molecule has 0 aliphatic rings. The standard InChI is InChI=1S/C54H32N2OS/c1-2-15-35(42-22-12-23-43-44-24-13-29-50(54(44)58-53(42)43)56-48-27-9-5-18-38(48)39-19-6-10-28-49(39)56)34(14-1)40-20-11-21-41-45-32-33(30-31-51(45)57-52(40)41)55-46-25-7-3-16-36(46)37-17-4-8-26-47(37)55/h1-32H. The zero-order valence-electron chi connectivity index (χ0n) is 31.2. The van der Waals surface area contributed by atoms with Gasteiger partial charge in [-0.15, -0.1) is 11.3 Å². The highest BCUT2D eigenvalue weighted by Gasteiger charge is 2.21. The van der Waals surface area contributed by atoms with Crippen LogP contribution in [0.3, 0.4) is 0 Å². The van der Waals surface area contributed by atoms with Crippen LogP contribution in [0.1, 0.15) is 0 Å². The zero-order chi connectivity index (χ0) is 37.9. The van der Waals surface area contributed by atoms with E-state index in [0.717, 1.165) is 38.8 Å². The summed E-state index contributed by atoms with van der Waals surface area (Å²) in [6.45, 7) is 0. The molecule has 13 rings (SSSR count). The maximum absolute atomic E-state index is 6.83. The van der Waals surface area contributed by atoms with E-state index in [0.29, 0.717) is 0 Å². The van der Waals surface area contributed by atoms with Crippen molar-refractivity contribution in [2.24, 2.45) is 0 Å². The SMILES string of the molecule is c1ccc(-c2cccc3c2sc2c(-n4c5ccccc5c5ccccc54)cccc23)c(-c2cccc3c2oc2ccc(-n4c5ccccc5c5ccccc54)cc23)c1. The van der Waals surface area contributed by atoms with Crippen molar-refractivity contribution >= 4 is 97.1 Å². The second-order valence-electron chi connectivity index (χ2n) is 15.2. The Bertz CT molecular complexity index is 3710. The van der Waals surface area contributed by atoms with Crippen LogP contribution in [0.25, 0.3) is 119 Å². The molecule has 0 aliphatic carbocycles. The van der Waals surface area contributed by atoms with E-state index in [2.05, 4.69) is 203 Å². The Balaban J connectivity index is 1.00. The highest BCUT2D eigenvalue weighted by Crippen LogP contribution is 2.47. The molecule has 0 saturated carbocycles. The lowest BCUT2D eigenvalue weighted by Crippen LogP contribution is -1.93. The quantitative estimate of drug-likeness (QED) is 0.175. The number of nitrogens with zero attached hydrogens (tertiary/aromatic N) is 2. The number of para-hydroxylation sites is 5. The van der Waals surface area contributed by atoms with E-state index in [1.165, 1.54) is 80.6 Å². The third kappa shape index (κ3) is 4.38. The van der Waals surface area contributed by atoms with Gasteiger partial charge in [0, 0.05) is 64.6 Å². The smallest absolute Gasteiger partial charge is 0.143 e. The van der Waals surface area contributed by atoms with Gasteiger partial charge in [-0.2, -0.15) is 0 Å². The van der Waals surface area contributed by atoms with Crippen molar-refractivity contribution in [1.29, 1.82) is 0 Å². The van der Waals surface area contributed by atoms with E-state index in [1.807, 2.05) is 11.3 Å². The first-order valence-electron chi connectivity index (χ1n) is 19.8.